The van der Waals surface area contributed by atoms with E-state index in [0.29, 0.717) is 18.7 Å². The number of hydrogen-bond donors (Lipinski definition) is 1. The number of aryl methyl sites for hydroxylation is 1. The molecule has 0 radical (unpaired) electrons. The van der Waals surface area contributed by atoms with Crippen molar-refractivity contribution in [3.05, 3.63) is 46.6 Å². The summed E-state index contributed by atoms with van der Waals surface area (Å²) in [5.74, 6) is -0.375. The van der Waals surface area contributed by atoms with Gasteiger partial charge in [-0.3, -0.25) is 14.3 Å². The largest absolute Gasteiger partial charge is 0.373 e. The van der Waals surface area contributed by atoms with E-state index in [4.69, 9.17) is 4.74 Å². The first-order chi connectivity index (χ1) is 11.5. The number of anilines is 1. The van der Waals surface area contributed by atoms with E-state index in [0.717, 1.165) is 5.56 Å². The first-order valence-corrected chi connectivity index (χ1v) is 8.09. The van der Waals surface area contributed by atoms with Crippen LogP contribution in [0.1, 0.15) is 38.0 Å². The van der Waals surface area contributed by atoms with Gasteiger partial charge in [-0.2, -0.15) is 5.10 Å². The predicted octanol–water partition coefficient (Wildman–Crippen LogP) is 1.88. The molecule has 1 amide bonds. The molecule has 7 heteroatoms. The van der Waals surface area contributed by atoms with Gasteiger partial charge in [0, 0.05) is 43.7 Å². The van der Waals surface area contributed by atoms with Crippen LogP contribution >= 0.6 is 0 Å². The fourth-order valence-electron chi connectivity index (χ4n) is 2.87. The zero-order chi connectivity index (χ0) is 17.3. The summed E-state index contributed by atoms with van der Waals surface area (Å²) < 4.78 is 9.07. The maximum atomic E-state index is 12.6. The number of ether oxygens (including phenoxy) is 1. The van der Waals surface area contributed by atoms with Crippen LogP contribution in [-0.2, 0) is 16.6 Å². The summed E-state index contributed by atoms with van der Waals surface area (Å²) in [6.07, 6.45) is 5.69. The minimum Gasteiger partial charge on any atom is -0.373 e. The van der Waals surface area contributed by atoms with Crippen LogP contribution in [0.25, 0.3) is 0 Å². The first kappa shape index (κ1) is 16.4. The van der Waals surface area contributed by atoms with Gasteiger partial charge < -0.3 is 14.6 Å². The normalized spacial score (nSPS) is 20.5. The molecular weight excluding hydrogens is 308 g/mol. The van der Waals surface area contributed by atoms with Gasteiger partial charge in [0.05, 0.1) is 23.9 Å². The van der Waals surface area contributed by atoms with Gasteiger partial charge >= 0.3 is 0 Å². The lowest BCUT2D eigenvalue weighted by Gasteiger charge is -2.17. The highest BCUT2D eigenvalue weighted by Crippen LogP contribution is 2.35. The lowest BCUT2D eigenvalue weighted by molar-refractivity contribution is -0.121. The van der Waals surface area contributed by atoms with Crippen molar-refractivity contribution in [2.75, 3.05) is 11.9 Å². The second-order valence-corrected chi connectivity index (χ2v) is 6.39. The molecule has 1 saturated heterocycles. The number of nitrogens with zero attached hydrogens (tertiary/aromatic N) is 3. The van der Waals surface area contributed by atoms with E-state index >= 15 is 0 Å². The van der Waals surface area contributed by atoms with Gasteiger partial charge in [0.25, 0.3) is 0 Å². The molecule has 2 aromatic heterocycles. The Morgan fingerprint density at radius 3 is 2.83 bits per heavy atom. The molecule has 3 heterocycles. The van der Waals surface area contributed by atoms with E-state index in [1.54, 1.807) is 25.5 Å². The van der Waals surface area contributed by atoms with Gasteiger partial charge in [0.15, 0.2) is 0 Å². The van der Waals surface area contributed by atoms with Crippen molar-refractivity contribution in [1.82, 2.24) is 14.3 Å². The average Bonchev–Trinajstić information content (AvgIpc) is 3.18. The van der Waals surface area contributed by atoms with Crippen LogP contribution in [0.5, 0.6) is 0 Å². The Balaban J connectivity index is 1.75. The summed E-state index contributed by atoms with van der Waals surface area (Å²) >= 11 is 0. The van der Waals surface area contributed by atoms with E-state index in [-0.39, 0.29) is 29.5 Å². The standard InChI is InChI=1S/C17H22N4O3/c1-11(2)21-9-12(8-18-21)16-14(6-7-24-16)17(23)19-13-4-5-15(22)20(3)10-13/h4-5,8-11,14,16H,6-7H2,1-3H3,(H,19,23)/t14-,16+/m0/s1. The number of nitrogens with one attached hydrogen (secondary N) is 1. The lowest BCUT2D eigenvalue weighted by Crippen LogP contribution is -2.26. The molecule has 2 aromatic rings. The fraction of sp³-hybridized carbons (Fsp3) is 0.471. The molecule has 2 atom stereocenters. The molecule has 7 nitrogen and oxygen atoms in total. The molecule has 1 fully saturated rings. The van der Waals surface area contributed by atoms with Crippen molar-refractivity contribution in [2.24, 2.45) is 13.0 Å². The Hall–Kier alpha value is -2.41. The monoisotopic (exact) mass is 330 g/mol. The molecule has 128 valence electrons. The number of carbonyl (C=O) groups excluding carboxylic acids is 1. The molecule has 0 saturated carbocycles. The molecule has 1 N–H and O–H groups in total. The number of aromatic nitrogens is 3. The van der Waals surface area contributed by atoms with Crippen molar-refractivity contribution in [3.8, 4) is 0 Å². The molecule has 1 aliphatic heterocycles. The van der Waals surface area contributed by atoms with Crippen molar-refractivity contribution in [2.45, 2.75) is 32.4 Å². The Kier molecular flexibility index (Phi) is 4.53. The second-order valence-electron chi connectivity index (χ2n) is 6.39. The number of rotatable bonds is 4. The third-order valence-electron chi connectivity index (χ3n) is 4.26. The summed E-state index contributed by atoms with van der Waals surface area (Å²) in [5.41, 5.74) is 1.41. The van der Waals surface area contributed by atoms with E-state index in [9.17, 15) is 9.59 Å². The van der Waals surface area contributed by atoms with Crippen LogP contribution in [0, 0.1) is 5.92 Å². The van der Waals surface area contributed by atoms with Gasteiger partial charge in [-0.25, -0.2) is 0 Å². The highest BCUT2D eigenvalue weighted by Gasteiger charge is 2.36. The van der Waals surface area contributed by atoms with Crippen molar-refractivity contribution >= 4 is 11.6 Å². The average molecular weight is 330 g/mol. The maximum Gasteiger partial charge on any atom is 0.250 e. The van der Waals surface area contributed by atoms with Gasteiger partial charge in [-0.15, -0.1) is 0 Å². The third kappa shape index (κ3) is 3.26. The van der Waals surface area contributed by atoms with E-state index in [1.807, 2.05) is 10.9 Å². The SMILES string of the molecule is CC(C)n1cc([C@H]2OCC[C@@H]2C(=O)Nc2ccc(=O)n(C)c2)cn1. The Morgan fingerprint density at radius 2 is 2.17 bits per heavy atom. The van der Waals surface area contributed by atoms with Gasteiger partial charge in [0.2, 0.25) is 11.5 Å². The lowest BCUT2D eigenvalue weighted by atomic mass is 9.96. The zero-order valence-corrected chi connectivity index (χ0v) is 14.1. The van der Waals surface area contributed by atoms with Gasteiger partial charge in [0.1, 0.15) is 0 Å². The van der Waals surface area contributed by atoms with Crippen LogP contribution in [0.2, 0.25) is 0 Å². The molecule has 3 rings (SSSR count). The third-order valence-corrected chi connectivity index (χ3v) is 4.26. The molecule has 0 unspecified atom stereocenters. The summed E-state index contributed by atoms with van der Waals surface area (Å²) in [6.45, 7) is 4.65. The van der Waals surface area contributed by atoms with Crippen LogP contribution in [0.15, 0.2) is 35.5 Å². The Bertz CT molecular complexity index is 793. The van der Waals surface area contributed by atoms with Gasteiger partial charge in [-0.05, 0) is 26.3 Å². The van der Waals surface area contributed by atoms with Crippen molar-refractivity contribution in [3.63, 3.8) is 0 Å². The van der Waals surface area contributed by atoms with Gasteiger partial charge in [-0.1, -0.05) is 0 Å². The van der Waals surface area contributed by atoms with Crippen molar-refractivity contribution in [1.29, 1.82) is 0 Å². The number of pyridine rings is 1. The highest BCUT2D eigenvalue weighted by molar-refractivity contribution is 5.93. The zero-order valence-electron chi connectivity index (χ0n) is 14.1. The van der Waals surface area contributed by atoms with Crippen LogP contribution < -0.4 is 10.9 Å². The molecule has 0 aliphatic carbocycles. The summed E-state index contributed by atoms with van der Waals surface area (Å²) in [5, 5.41) is 7.20. The minimum atomic E-state index is -0.287. The van der Waals surface area contributed by atoms with Crippen LogP contribution in [-0.4, -0.2) is 26.9 Å². The number of hydrogen-bond acceptors (Lipinski definition) is 4. The van der Waals surface area contributed by atoms with Crippen molar-refractivity contribution < 1.29 is 9.53 Å². The fourth-order valence-corrected chi connectivity index (χ4v) is 2.87. The minimum absolute atomic E-state index is 0.103. The number of carbonyl (C=O) groups is 1. The van der Waals surface area contributed by atoms with E-state index in [1.165, 1.54) is 10.6 Å². The summed E-state index contributed by atoms with van der Waals surface area (Å²) in [6, 6.07) is 3.31. The Morgan fingerprint density at radius 1 is 1.38 bits per heavy atom. The molecule has 1 aliphatic rings. The topological polar surface area (TPSA) is 78.1 Å². The molecular formula is C17H22N4O3. The highest BCUT2D eigenvalue weighted by atomic mass is 16.5. The summed E-state index contributed by atoms with van der Waals surface area (Å²) in [7, 11) is 1.65. The quantitative estimate of drug-likeness (QED) is 0.928. The number of amides is 1. The van der Waals surface area contributed by atoms with E-state index in [2.05, 4.69) is 24.3 Å². The maximum absolute atomic E-state index is 12.6. The molecule has 0 bridgehead atoms. The van der Waals surface area contributed by atoms with E-state index < -0.39 is 0 Å². The van der Waals surface area contributed by atoms with Crippen LogP contribution in [0.4, 0.5) is 5.69 Å². The second kappa shape index (κ2) is 6.60. The molecule has 0 spiro atoms. The Labute approximate surface area is 140 Å². The van der Waals surface area contributed by atoms with Crippen LogP contribution in [0.3, 0.4) is 0 Å². The molecule has 24 heavy (non-hydrogen) atoms. The smallest absolute Gasteiger partial charge is 0.250 e. The first-order valence-electron chi connectivity index (χ1n) is 8.09. The summed E-state index contributed by atoms with van der Waals surface area (Å²) in [4.78, 5) is 24.1. The predicted molar refractivity (Wildman–Crippen MR) is 89.7 cm³/mol. The molecule has 0 aromatic carbocycles.